The first-order chi connectivity index (χ1) is 5.07. The van der Waals surface area contributed by atoms with E-state index < -0.39 is 0 Å². The molecule has 0 aliphatic heterocycles. The maximum atomic E-state index is 10.7. The summed E-state index contributed by atoms with van der Waals surface area (Å²) < 4.78 is 5.04. The number of carbonyl (C=O) groups is 1. The van der Waals surface area contributed by atoms with Gasteiger partial charge in [-0.3, -0.25) is 4.79 Å². The molecule has 0 aromatic carbocycles. The van der Waals surface area contributed by atoms with E-state index in [9.17, 15) is 4.79 Å². The molecule has 0 fully saturated rings. The summed E-state index contributed by atoms with van der Waals surface area (Å²) in [6.07, 6.45) is 1.64. The number of ketones is 1. The third-order valence-corrected chi connectivity index (χ3v) is 1.26. The van der Waals surface area contributed by atoms with Crippen LogP contribution in [-0.4, -0.2) is 12.4 Å². The highest BCUT2D eigenvalue weighted by atomic mass is 16.5. The summed E-state index contributed by atoms with van der Waals surface area (Å²) in [6.45, 7) is 9.34. The van der Waals surface area contributed by atoms with Crippen LogP contribution in [0, 0.1) is 0 Å². The van der Waals surface area contributed by atoms with Gasteiger partial charge in [0.2, 0.25) is 0 Å². The minimum Gasteiger partial charge on any atom is -0.495 e. The van der Waals surface area contributed by atoms with Crippen molar-refractivity contribution in [3.63, 3.8) is 0 Å². The number of hydrogen-bond donors (Lipinski definition) is 0. The van der Waals surface area contributed by atoms with E-state index in [4.69, 9.17) is 4.74 Å². The summed E-state index contributed by atoms with van der Waals surface area (Å²) in [5, 5.41) is 0. The fourth-order valence-electron chi connectivity index (χ4n) is 0.570. The molecule has 0 saturated carbocycles. The van der Waals surface area contributed by atoms with Gasteiger partial charge in [-0.25, -0.2) is 0 Å². The standard InChI is InChI=1S/C9H14O2/c1-5-11-8(3)6-7(2)9(4)10/h6H,3,5H2,1-2,4H3/b7-6+. The molecular formula is C9H14O2. The van der Waals surface area contributed by atoms with Crippen molar-refractivity contribution >= 4 is 5.78 Å². The topological polar surface area (TPSA) is 26.3 Å². The van der Waals surface area contributed by atoms with Crippen LogP contribution in [0.3, 0.4) is 0 Å². The van der Waals surface area contributed by atoms with E-state index in [1.807, 2.05) is 6.92 Å². The predicted octanol–water partition coefficient (Wildman–Crippen LogP) is 2.07. The average molecular weight is 154 g/mol. The Hall–Kier alpha value is -1.05. The van der Waals surface area contributed by atoms with E-state index in [0.29, 0.717) is 17.9 Å². The van der Waals surface area contributed by atoms with Gasteiger partial charge in [0, 0.05) is 0 Å². The van der Waals surface area contributed by atoms with Crippen LogP contribution < -0.4 is 0 Å². The molecule has 0 amide bonds. The lowest BCUT2D eigenvalue weighted by Gasteiger charge is -2.01. The maximum absolute atomic E-state index is 10.7. The highest BCUT2D eigenvalue weighted by Crippen LogP contribution is 2.02. The van der Waals surface area contributed by atoms with Crippen molar-refractivity contribution in [3.8, 4) is 0 Å². The smallest absolute Gasteiger partial charge is 0.155 e. The highest BCUT2D eigenvalue weighted by Gasteiger charge is 1.96. The summed E-state index contributed by atoms with van der Waals surface area (Å²) in [5.74, 6) is 0.589. The Morgan fingerprint density at radius 3 is 2.45 bits per heavy atom. The number of allylic oxidation sites excluding steroid dienone is 2. The Balaban J connectivity index is 4.08. The van der Waals surface area contributed by atoms with Gasteiger partial charge in [-0.2, -0.15) is 0 Å². The van der Waals surface area contributed by atoms with Gasteiger partial charge >= 0.3 is 0 Å². The van der Waals surface area contributed by atoms with Gasteiger partial charge in [0.25, 0.3) is 0 Å². The molecule has 2 nitrogen and oxygen atoms in total. The lowest BCUT2D eigenvalue weighted by atomic mass is 10.2. The normalized spacial score (nSPS) is 11.0. The van der Waals surface area contributed by atoms with Crippen LogP contribution in [0.4, 0.5) is 0 Å². The molecule has 0 unspecified atom stereocenters. The Morgan fingerprint density at radius 1 is 1.55 bits per heavy atom. The van der Waals surface area contributed by atoms with Gasteiger partial charge in [0.15, 0.2) is 5.78 Å². The number of carbonyl (C=O) groups excluding carboxylic acids is 1. The van der Waals surface area contributed by atoms with E-state index in [0.717, 1.165) is 0 Å². The van der Waals surface area contributed by atoms with Crippen molar-refractivity contribution in [2.24, 2.45) is 0 Å². The molecule has 2 heteroatoms. The van der Waals surface area contributed by atoms with E-state index in [1.165, 1.54) is 6.92 Å². The first-order valence-corrected chi connectivity index (χ1v) is 3.58. The van der Waals surface area contributed by atoms with Crippen molar-refractivity contribution in [1.82, 2.24) is 0 Å². The summed E-state index contributed by atoms with van der Waals surface area (Å²) in [5.41, 5.74) is 0.670. The summed E-state index contributed by atoms with van der Waals surface area (Å²) in [7, 11) is 0. The molecule has 0 saturated heterocycles. The van der Waals surface area contributed by atoms with Crippen LogP contribution in [0.5, 0.6) is 0 Å². The second-order valence-corrected chi connectivity index (χ2v) is 2.28. The fraction of sp³-hybridized carbons (Fsp3) is 0.444. The largest absolute Gasteiger partial charge is 0.495 e. The van der Waals surface area contributed by atoms with Crippen molar-refractivity contribution < 1.29 is 9.53 Å². The molecule has 0 aliphatic carbocycles. The molecule has 11 heavy (non-hydrogen) atoms. The Labute approximate surface area is 67.6 Å². The van der Waals surface area contributed by atoms with Gasteiger partial charge in [-0.15, -0.1) is 0 Å². The van der Waals surface area contributed by atoms with Crippen LogP contribution in [0.1, 0.15) is 20.8 Å². The zero-order valence-corrected chi connectivity index (χ0v) is 7.31. The summed E-state index contributed by atoms with van der Waals surface area (Å²) in [6, 6.07) is 0. The van der Waals surface area contributed by atoms with Crippen LogP contribution in [0.25, 0.3) is 0 Å². The van der Waals surface area contributed by atoms with Gasteiger partial charge < -0.3 is 4.74 Å². The first kappa shape index (κ1) is 9.95. The summed E-state index contributed by atoms with van der Waals surface area (Å²) >= 11 is 0. The van der Waals surface area contributed by atoms with Crippen LogP contribution in [-0.2, 0) is 9.53 Å². The predicted molar refractivity (Wildman–Crippen MR) is 45.2 cm³/mol. The van der Waals surface area contributed by atoms with Crippen molar-refractivity contribution in [2.75, 3.05) is 6.61 Å². The van der Waals surface area contributed by atoms with Crippen molar-refractivity contribution in [1.29, 1.82) is 0 Å². The van der Waals surface area contributed by atoms with Gasteiger partial charge in [-0.05, 0) is 32.4 Å². The lowest BCUT2D eigenvalue weighted by Crippen LogP contribution is -1.94. The maximum Gasteiger partial charge on any atom is 0.155 e. The molecule has 0 spiro atoms. The highest BCUT2D eigenvalue weighted by molar-refractivity contribution is 5.92. The molecule has 62 valence electrons. The quantitative estimate of drug-likeness (QED) is 0.352. The number of ether oxygens (including phenoxy) is 1. The Kier molecular flexibility index (Phi) is 4.27. The molecule has 0 heterocycles. The second kappa shape index (κ2) is 4.72. The van der Waals surface area contributed by atoms with Gasteiger partial charge in [-0.1, -0.05) is 6.58 Å². The van der Waals surface area contributed by atoms with Gasteiger partial charge in [0.1, 0.15) is 5.76 Å². The third kappa shape index (κ3) is 4.37. The lowest BCUT2D eigenvalue weighted by molar-refractivity contribution is -0.113. The molecule has 0 radical (unpaired) electrons. The Morgan fingerprint density at radius 2 is 2.09 bits per heavy atom. The van der Waals surface area contributed by atoms with Crippen molar-refractivity contribution in [3.05, 3.63) is 24.0 Å². The van der Waals surface area contributed by atoms with Crippen LogP contribution in [0.15, 0.2) is 24.0 Å². The fourth-order valence-corrected chi connectivity index (χ4v) is 0.570. The third-order valence-electron chi connectivity index (χ3n) is 1.26. The van der Waals surface area contributed by atoms with E-state index in [1.54, 1.807) is 13.0 Å². The molecular weight excluding hydrogens is 140 g/mol. The van der Waals surface area contributed by atoms with E-state index in [2.05, 4.69) is 6.58 Å². The molecule has 0 aromatic rings. The monoisotopic (exact) mass is 154 g/mol. The zero-order chi connectivity index (χ0) is 8.85. The minimum atomic E-state index is 0.0471. The van der Waals surface area contributed by atoms with Crippen LogP contribution >= 0.6 is 0 Å². The molecule has 0 atom stereocenters. The molecule has 0 aromatic heterocycles. The van der Waals surface area contributed by atoms with E-state index in [-0.39, 0.29) is 5.78 Å². The number of hydrogen-bond acceptors (Lipinski definition) is 2. The molecule has 0 aliphatic rings. The van der Waals surface area contributed by atoms with E-state index >= 15 is 0 Å². The molecule has 0 bridgehead atoms. The average Bonchev–Trinajstić information content (AvgIpc) is 1.87. The van der Waals surface area contributed by atoms with Crippen molar-refractivity contribution in [2.45, 2.75) is 20.8 Å². The molecule has 0 N–H and O–H groups in total. The summed E-state index contributed by atoms with van der Waals surface area (Å²) in [4.78, 5) is 10.7. The second-order valence-electron chi connectivity index (χ2n) is 2.28. The van der Waals surface area contributed by atoms with Gasteiger partial charge in [0.05, 0.1) is 6.61 Å². The Bertz CT molecular complexity index is 190. The van der Waals surface area contributed by atoms with Crippen LogP contribution in [0.2, 0.25) is 0 Å². The minimum absolute atomic E-state index is 0.0471. The number of Topliss-reactive ketones (excluding diaryl/α,β-unsaturated/α-hetero) is 1. The molecule has 0 rings (SSSR count). The number of rotatable bonds is 4. The zero-order valence-electron chi connectivity index (χ0n) is 7.31. The first-order valence-electron chi connectivity index (χ1n) is 3.58. The SMILES string of the molecule is C=C(/C=C(\C)C(C)=O)OCC.